The summed E-state index contributed by atoms with van der Waals surface area (Å²) in [5.41, 5.74) is -0.527. The smallest absolute Gasteiger partial charge is 0.201 e. The van der Waals surface area contributed by atoms with Gasteiger partial charge in [-0.1, -0.05) is 71.6 Å². The van der Waals surface area contributed by atoms with E-state index in [0.717, 1.165) is 25.7 Å². The van der Waals surface area contributed by atoms with Crippen LogP contribution in [0.5, 0.6) is 0 Å². The third-order valence-electron chi connectivity index (χ3n) is 10.3. The average Bonchev–Trinajstić information content (AvgIpc) is 3.36. The molecule has 4 fully saturated rings. The van der Waals surface area contributed by atoms with E-state index in [1.165, 1.54) is 32.1 Å². The Hall–Kier alpha value is -0.423. The van der Waals surface area contributed by atoms with Gasteiger partial charge in [0.15, 0.2) is 8.32 Å². The Balaban J connectivity index is 1.66. The molecule has 1 spiro atoms. The monoisotopic (exact) mass is 520 g/mol. The van der Waals surface area contributed by atoms with Gasteiger partial charge >= 0.3 is 0 Å². The van der Waals surface area contributed by atoms with Crippen molar-refractivity contribution in [2.75, 3.05) is 20.3 Å². The molecule has 3 saturated carbocycles. The van der Waals surface area contributed by atoms with Gasteiger partial charge in [-0.25, -0.2) is 0 Å². The Kier molecular flexibility index (Phi) is 8.72. The first-order chi connectivity index (χ1) is 17.0. The molecule has 36 heavy (non-hydrogen) atoms. The molecule has 1 saturated heterocycles. The Bertz CT molecular complexity index is 798. The van der Waals surface area contributed by atoms with E-state index in [9.17, 15) is 5.11 Å². The summed E-state index contributed by atoms with van der Waals surface area (Å²) in [6.45, 7) is 15.0. The number of aliphatic hydroxyl groups is 1. The standard InChI is InChI=1S/C30H52O5Si/c1-8-9-15-24-27-23(25(31)18-19-29(27,32-5)30(24)33-20-21-34-30)16-17-26(22-13-11-10-12-14-22)35-36(6,7)28(2,3)4/h22-27,31H,8-15,18-21H2,1-7H3/t23-,24?,25+,26-,27-,29+/m1/s1. The summed E-state index contributed by atoms with van der Waals surface area (Å²) in [5, 5.41) is 11.4. The van der Waals surface area contributed by atoms with Gasteiger partial charge in [0.25, 0.3) is 0 Å². The Morgan fingerprint density at radius 2 is 1.75 bits per heavy atom. The van der Waals surface area contributed by atoms with Crippen LogP contribution in [0.1, 0.15) is 91.9 Å². The van der Waals surface area contributed by atoms with E-state index in [2.05, 4.69) is 52.6 Å². The number of rotatable bonds is 7. The van der Waals surface area contributed by atoms with Crippen LogP contribution in [0, 0.1) is 35.5 Å². The molecule has 0 amide bonds. The molecule has 6 heteroatoms. The maximum Gasteiger partial charge on any atom is 0.201 e. The molecule has 206 valence electrons. The van der Waals surface area contributed by atoms with Gasteiger partial charge in [-0.3, -0.25) is 0 Å². The van der Waals surface area contributed by atoms with Crippen LogP contribution in [0.4, 0.5) is 0 Å². The zero-order chi connectivity index (χ0) is 26.2. The molecule has 1 N–H and O–H groups in total. The minimum atomic E-state index is -1.98. The number of hydrogen-bond donors (Lipinski definition) is 1. The lowest BCUT2D eigenvalue weighted by Gasteiger charge is -2.68. The van der Waals surface area contributed by atoms with Crippen LogP contribution < -0.4 is 0 Å². The van der Waals surface area contributed by atoms with Gasteiger partial charge in [0.1, 0.15) is 11.7 Å². The van der Waals surface area contributed by atoms with Gasteiger partial charge in [-0.15, -0.1) is 0 Å². The number of fused-ring (bicyclic) bond motifs is 2. The zero-order valence-corrected chi connectivity index (χ0v) is 25.0. The molecule has 0 aromatic rings. The van der Waals surface area contributed by atoms with E-state index in [4.69, 9.17) is 18.6 Å². The van der Waals surface area contributed by atoms with Gasteiger partial charge in [0.05, 0.1) is 25.2 Å². The third-order valence-corrected chi connectivity index (χ3v) is 14.8. The van der Waals surface area contributed by atoms with Crippen molar-refractivity contribution in [2.24, 2.45) is 23.7 Å². The summed E-state index contributed by atoms with van der Waals surface area (Å²) in [4.78, 5) is 0. The van der Waals surface area contributed by atoms with Crippen LogP contribution in [0.15, 0.2) is 0 Å². The topological polar surface area (TPSA) is 57.2 Å². The second kappa shape index (κ2) is 11.0. The fourth-order valence-corrected chi connectivity index (χ4v) is 8.51. The van der Waals surface area contributed by atoms with Crippen LogP contribution in [0.3, 0.4) is 0 Å². The number of aliphatic hydroxyl groups excluding tert-OH is 1. The normalized spacial score (nSPS) is 35.6. The Morgan fingerprint density at radius 1 is 1.08 bits per heavy atom. The molecule has 1 aliphatic heterocycles. The lowest BCUT2D eigenvalue weighted by atomic mass is 9.46. The van der Waals surface area contributed by atoms with E-state index >= 15 is 0 Å². The van der Waals surface area contributed by atoms with Crippen LogP contribution in [0.2, 0.25) is 18.1 Å². The van der Waals surface area contributed by atoms with Crippen LogP contribution in [0.25, 0.3) is 0 Å². The molecule has 5 nitrogen and oxygen atoms in total. The fraction of sp³-hybridized carbons (Fsp3) is 0.933. The second-order valence-electron chi connectivity index (χ2n) is 13.3. The van der Waals surface area contributed by atoms with Crippen molar-refractivity contribution in [1.82, 2.24) is 0 Å². The number of hydrogen-bond acceptors (Lipinski definition) is 5. The van der Waals surface area contributed by atoms with Crippen molar-refractivity contribution in [1.29, 1.82) is 0 Å². The molecule has 6 atom stereocenters. The van der Waals surface area contributed by atoms with Gasteiger partial charge in [-0.2, -0.15) is 0 Å². The number of methoxy groups -OCH3 is 1. The van der Waals surface area contributed by atoms with E-state index < -0.39 is 25.8 Å². The van der Waals surface area contributed by atoms with Gasteiger partial charge < -0.3 is 23.7 Å². The van der Waals surface area contributed by atoms with Crippen molar-refractivity contribution in [3.8, 4) is 11.8 Å². The molecule has 1 unspecified atom stereocenters. The summed E-state index contributed by atoms with van der Waals surface area (Å²) < 4.78 is 26.0. The fourth-order valence-electron chi connectivity index (χ4n) is 7.27. The van der Waals surface area contributed by atoms with E-state index in [0.29, 0.717) is 25.6 Å². The molecule has 4 aliphatic rings. The Morgan fingerprint density at radius 3 is 2.33 bits per heavy atom. The minimum absolute atomic E-state index is 0.0561. The largest absolute Gasteiger partial charge is 0.403 e. The minimum Gasteiger partial charge on any atom is -0.403 e. The zero-order valence-electron chi connectivity index (χ0n) is 24.0. The van der Waals surface area contributed by atoms with E-state index in [1.807, 2.05) is 0 Å². The van der Waals surface area contributed by atoms with Crippen LogP contribution in [-0.2, 0) is 18.6 Å². The first-order valence-corrected chi connectivity index (χ1v) is 17.6. The van der Waals surface area contributed by atoms with Crippen molar-refractivity contribution in [3.05, 3.63) is 0 Å². The summed E-state index contributed by atoms with van der Waals surface area (Å²) in [7, 11) is -0.186. The highest BCUT2D eigenvalue weighted by atomic mass is 28.4. The molecule has 0 radical (unpaired) electrons. The van der Waals surface area contributed by atoms with Crippen molar-refractivity contribution >= 4 is 8.32 Å². The Labute approximate surface area is 221 Å². The van der Waals surface area contributed by atoms with Crippen LogP contribution in [-0.4, -0.2) is 57.3 Å². The maximum absolute atomic E-state index is 11.3. The summed E-state index contributed by atoms with van der Waals surface area (Å²) in [6.07, 6.45) is 10.4. The predicted molar refractivity (Wildman–Crippen MR) is 146 cm³/mol. The highest BCUT2D eigenvalue weighted by Crippen LogP contribution is 2.66. The van der Waals surface area contributed by atoms with Crippen molar-refractivity contribution < 1.29 is 23.7 Å². The van der Waals surface area contributed by atoms with Gasteiger partial charge in [0, 0.05) is 18.9 Å². The summed E-state index contributed by atoms with van der Waals surface area (Å²) in [6, 6.07) is 0. The van der Waals surface area contributed by atoms with Gasteiger partial charge in [-0.05, 0) is 56.2 Å². The van der Waals surface area contributed by atoms with E-state index in [1.54, 1.807) is 7.11 Å². The lowest BCUT2D eigenvalue weighted by molar-refractivity contribution is -0.417. The average molecular weight is 521 g/mol. The quantitative estimate of drug-likeness (QED) is 0.315. The van der Waals surface area contributed by atoms with Crippen LogP contribution >= 0.6 is 0 Å². The van der Waals surface area contributed by atoms with Crippen molar-refractivity contribution in [2.45, 2.75) is 134 Å². The maximum atomic E-state index is 11.3. The SMILES string of the molecule is CCCCC1[C@H]2[C@H](C#C[C@@H](O[Si](C)(C)C(C)(C)C)C3CCCCC3)[C@@H](O)CC[C@@]2(OC)C12OCCO2. The molecule has 0 bridgehead atoms. The number of unbranched alkanes of at least 4 members (excludes halogenated alkanes) is 1. The third kappa shape index (κ3) is 4.87. The first-order valence-electron chi connectivity index (χ1n) is 14.7. The van der Waals surface area contributed by atoms with Crippen molar-refractivity contribution in [3.63, 3.8) is 0 Å². The molecular weight excluding hydrogens is 468 g/mol. The molecule has 1 heterocycles. The highest BCUT2D eigenvalue weighted by Gasteiger charge is 2.78. The second-order valence-corrected chi connectivity index (χ2v) is 18.1. The molecular formula is C30H52O5Si. The highest BCUT2D eigenvalue weighted by molar-refractivity contribution is 6.74. The summed E-state index contributed by atoms with van der Waals surface area (Å²) >= 11 is 0. The summed E-state index contributed by atoms with van der Waals surface area (Å²) in [5.74, 6) is 7.29. The van der Waals surface area contributed by atoms with Gasteiger partial charge in [0.2, 0.25) is 5.79 Å². The lowest BCUT2D eigenvalue weighted by Crippen LogP contribution is -2.80. The molecule has 3 aliphatic carbocycles. The number of ether oxygens (including phenoxy) is 3. The molecule has 0 aromatic heterocycles. The molecule has 4 rings (SSSR count). The predicted octanol–water partition coefficient (Wildman–Crippen LogP) is 6.30. The first kappa shape index (κ1) is 28.6. The molecule has 0 aromatic carbocycles. The van der Waals surface area contributed by atoms with E-state index in [-0.39, 0.29) is 28.9 Å².